The predicted octanol–water partition coefficient (Wildman–Crippen LogP) is 1.76. The zero-order chi connectivity index (χ0) is 13.8. The van der Waals surface area contributed by atoms with Gasteiger partial charge in [0.15, 0.2) is 0 Å². The number of amides is 1. The molecular weight excluding hydrogens is 244 g/mol. The molecule has 0 bridgehead atoms. The van der Waals surface area contributed by atoms with Gasteiger partial charge in [-0.3, -0.25) is 4.79 Å². The van der Waals surface area contributed by atoms with Crippen LogP contribution in [0, 0.1) is 0 Å². The maximum atomic E-state index is 13.8. The number of carboxylic acid groups (broad SMARTS) is 1. The first-order valence-electron chi connectivity index (χ1n) is 5.26. The average molecular weight is 257 g/mol. The summed E-state index contributed by atoms with van der Waals surface area (Å²) in [4.78, 5) is 21.6. The second-order valence-electron chi connectivity index (χ2n) is 3.87. The van der Waals surface area contributed by atoms with E-state index in [2.05, 4.69) is 0 Å². The molecule has 0 radical (unpaired) electrons. The smallest absolute Gasteiger partial charge is 0.326 e. The van der Waals surface area contributed by atoms with E-state index in [-0.39, 0.29) is 5.56 Å². The molecule has 1 aromatic carbocycles. The number of alkyl halides is 2. The number of hydrogen-bond donors (Lipinski definition) is 2. The molecule has 1 amide bonds. The molecule has 0 heterocycles. The van der Waals surface area contributed by atoms with Crippen molar-refractivity contribution in [2.75, 3.05) is 0 Å². The molecule has 0 aliphatic rings. The van der Waals surface area contributed by atoms with E-state index in [1.807, 2.05) is 5.32 Å². The SMILES string of the molecule is CC(=O)NC(CC(F)(F)c1ccccc1)C(=O)O. The summed E-state index contributed by atoms with van der Waals surface area (Å²) >= 11 is 0. The molecule has 18 heavy (non-hydrogen) atoms. The highest BCUT2D eigenvalue weighted by Gasteiger charge is 2.37. The van der Waals surface area contributed by atoms with Crippen molar-refractivity contribution >= 4 is 11.9 Å². The van der Waals surface area contributed by atoms with Crippen molar-refractivity contribution in [1.29, 1.82) is 0 Å². The fourth-order valence-corrected chi connectivity index (χ4v) is 1.50. The van der Waals surface area contributed by atoms with Gasteiger partial charge < -0.3 is 10.4 Å². The lowest BCUT2D eigenvalue weighted by molar-refractivity contribution is -0.145. The molecule has 0 saturated carbocycles. The van der Waals surface area contributed by atoms with E-state index in [9.17, 15) is 18.4 Å². The third kappa shape index (κ3) is 3.80. The van der Waals surface area contributed by atoms with Gasteiger partial charge in [0.25, 0.3) is 5.92 Å². The summed E-state index contributed by atoms with van der Waals surface area (Å²) in [6.45, 7) is 1.08. The Bertz CT molecular complexity index is 434. The molecule has 0 aliphatic carbocycles. The highest BCUT2D eigenvalue weighted by molar-refractivity contribution is 5.82. The van der Waals surface area contributed by atoms with Crippen LogP contribution in [0.25, 0.3) is 0 Å². The molecule has 0 aliphatic heterocycles. The van der Waals surface area contributed by atoms with Crippen LogP contribution in [0.3, 0.4) is 0 Å². The Kier molecular flexibility index (Phi) is 4.36. The highest BCUT2D eigenvalue weighted by atomic mass is 19.3. The Morgan fingerprint density at radius 1 is 1.33 bits per heavy atom. The van der Waals surface area contributed by atoms with Gasteiger partial charge in [-0.2, -0.15) is 0 Å². The number of carbonyl (C=O) groups excluding carboxylic acids is 1. The van der Waals surface area contributed by atoms with Crippen LogP contribution in [0.1, 0.15) is 18.9 Å². The van der Waals surface area contributed by atoms with Crippen molar-refractivity contribution in [3.8, 4) is 0 Å². The van der Waals surface area contributed by atoms with Gasteiger partial charge in [-0.05, 0) is 0 Å². The van der Waals surface area contributed by atoms with Crippen molar-refractivity contribution in [3.05, 3.63) is 35.9 Å². The molecule has 0 aromatic heterocycles. The summed E-state index contributed by atoms with van der Waals surface area (Å²) in [5, 5.41) is 10.8. The monoisotopic (exact) mass is 257 g/mol. The number of aliphatic carboxylic acids is 1. The van der Waals surface area contributed by atoms with Crippen LogP contribution in [-0.4, -0.2) is 23.0 Å². The van der Waals surface area contributed by atoms with Crippen molar-refractivity contribution < 1.29 is 23.5 Å². The van der Waals surface area contributed by atoms with Crippen LogP contribution in [0.15, 0.2) is 30.3 Å². The number of hydrogen-bond acceptors (Lipinski definition) is 2. The Morgan fingerprint density at radius 2 is 1.89 bits per heavy atom. The van der Waals surface area contributed by atoms with E-state index >= 15 is 0 Å². The number of nitrogens with one attached hydrogen (secondary N) is 1. The summed E-state index contributed by atoms with van der Waals surface area (Å²) in [6.07, 6.45) is -0.980. The minimum Gasteiger partial charge on any atom is -0.480 e. The van der Waals surface area contributed by atoms with E-state index in [0.29, 0.717) is 0 Å². The van der Waals surface area contributed by atoms with E-state index in [1.54, 1.807) is 6.07 Å². The van der Waals surface area contributed by atoms with Crippen LogP contribution in [0.2, 0.25) is 0 Å². The minimum absolute atomic E-state index is 0.276. The topological polar surface area (TPSA) is 66.4 Å². The maximum Gasteiger partial charge on any atom is 0.326 e. The lowest BCUT2D eigenvalue weighted by Crippen LogP contribution is -2.42. The molecular formula is C12H13F2NO3. The van der Waals surface area contributed by atoms with Gasteiger partial charge in [-0.25, -0.2) is 13.6 Å². The molecule has 4 nitrogen and oxygen atoms in total. The molecule has 1 unspecified atom stereocenters. The molecule has 2 N–H and O–H groups in total. The van der Waals surface area contributed by atoms with Gasteiger partial charge in [0.2, 0.25) is 5.91 Å². The van der Waals surface area contributed by atoms with Gasteiger partial charge in [0.05, 0.1) is 0 Å². The van der Waals surface area contributed by atoms with Crippen molar-refractivity contribution in [3.63, 3.8) is 0 Å². The van der Waals surface area contributed by atoms with E-state index < -0.39 is 30.3 Å². The zero-order valence-corrected chi connectivity index (χ0v) is 9.69. The van der Waals surface area contributed by atoms with Crippen LogP contribution in [-0.2, 0) is 15.5 Å². The summed E-state index contributed by atoms with van der Waals surface area (Å²) in [6, 6.07) is 5.29. The maximum absolute atomic E-state index is 13.8. The van der Waals surface area contributed by atoms with Crippen LogP contribution in [0.5, 0.6) is 0 Å². The van der Waals surface area contributed by atoms with Gasteiger partial charge >= 0.3 is 5.97 Å². The molecule has 98 valence electrons. The Hall–Kier alpha value is -1.98. The van der Waals surface area contributed by atoms with Gasteiger partial charge in [-0.15, -0.1) is 0 Å². The third-order valence-corrected chi connectivity index (χ3v) is 2.33. The number of rotatable bonds is 5. The zero-order valence-electron chi connectivity index (χ0n) is 9.69. The second-order valence-corrected chi connectivity index (χ2v) is 3.87. The lowest BCUT2D eigenvalue weighted by Gasteiger charge is -2.21. The summed E-state index contributed by atoms with van der Waals surface area (Å²) in [7, 11) is 0. The molecule has 1 rings (SSSR count). The first kappa shape index (κ1) is 14.1. The fourth-order valence-electron chi connectivity index (χ4n) is 1.50. The van der Waals surface area contributed by atoms with Crippen molar-refractivity contribution in [1.82, 2.24) is 5.32 Å². The van der Waals surface area contributed by atoms with Crippen LogP contribution in [0.4, 0.5) is 8.78 Å². The summed E-state index contributed by atoms with van der Waals surface area (Å²) < 4.78 is 27.6. The molecule has 0 fully saturated rings. The first-order chi connectivity index (χ1) is 8.33. The number of carbonyl (C=O) groups is 2. The summed E-state index contributed by atoms with van der Waals surface area (Å²) in [5.41, 5.74) is -0.276. The lowest BCUT2D eigenvalue weighted by atomic mass is 10.0. The van der Waals surface area contributed by atoms with E-state index in [0.717, 1.165) is 6.92 Å². The van der Waals surface area contributed by atoms with E-state index in [4.69, 9.17) is 5.11 Å². The Balaban J connectivity index is 2.85. The molecule has 6 heteroatoms. The van der Waals surface area contributed by atoms with Crippen molar-refractivity contribution in [2.24, 2.45) is 0 Å². The van der Waals surface area contributed by atoms with Crippen LogP contribution >= 0.6 is 0 Å². The van der Waals surface area contributed by atoms with Gasteiger partial charge in [-0.1, -0.05) is 30.3 Å². The minimum atomic E-state index is -3.31. The Morgan fingerprint density at radius 3 is 2.33 bits per heavy atom. The molecule has 1 aromatic rings. The second kappa shape index (κ2) is 5.57. The van der Waals surface area contributed by atoms with Crippen molar-refractivity contribution in [2.45, 2.75) is 25.3 Å². The molecule has 0 saturated heterocycles. The van der Waals surface area contributed by atoms with E-state index in [1.165, 1.54) is 24.3 Å². The van der Waals surface area contributed by atoms with Crippen LogP contribution < -0.4 is 5.32 Å². The number of carboxylic acids is 1. The normalized spacial score (nSPS) is 12.8. The standard InChI is InChI=1S/C12H13F2NO3/c1-8(16)15-10(11(17)18)7-12(13,14)9-5-3-2-4-6-9/h2-6,10H,7H2,1H3,(H,15,16)(H,17,18). The number of halogens is 2. The quantitative estimate of drug-likeness (QED) is 0.844. The molecule has 0 spiro atoms. The highest BCUT2D eigenvalue weighted by Crippen LogP contribution is 2.32. The fraction of sp³-hybridized carbons (Fsp3) is 0.333. The first-order valence-corrected chi connectivity index (χ1v) is 5.26. The third-order valence-electron chi connectivity index (χ3n) is 2.33. The largest absolute Gasteiger partial charge is 0.480 e. The number of benzene rings is 1. The van der Waals surface area contributed by atoms with Gasteiger partial charge in [0, 0.05) is 18.9 Å². The average Bonchev–Trinajstić information content (AvgIpc) is 2.28. The van der Waals surface area contributed by atoms with Gasteiger partial charge in [0.1, 0.15) is 6.04 Å². The predicted molar refractivity (Wildman–Crippen MR) is 60.2 cm³/mol. The Labute approximate surface area is 103 Å². The molecule has 1 atom stereocenters. The summed E-state index contributed by atoms with van der Waals surface area (Å²) in [5.74, 6) is -5.46.